The number of halogens is 1. The fraction of sp³-hybridized carbons (Fsp3) is 0.389. The van der Waals surface area contributed by atoms with Crippen LogP contribution in [-0.2, 0) is 11.3 Å². The molecule has 0 radical (unpaired) electrons. The van der Waals surface area contributed by atoms with E-state index in [4.69, 9.17) is 9.26 Å². The van der Waals surface area contributed by atoms with Crippen LogP contribution < -0.4 is 10.6 Å². The van der Waals surface area contributed by atoms with Crippen LogP contribution in [0.15, 0.2) is 28.8 Å². The van der Waals surface area contributed by atoms with Gasteiger partial charge in [0.15, 0.2) is 11.6 Å². The predicted octanol–water partition coefficient (Wildman–Crippen LogP) is 2.65. The third-order valence-corrected chi connectivity index (χ3v) is 4.40. The van der Waals surface area contributed by atoms with Gasteiger partial charge in [0.05, 0.1) is 12.8 Å². The normalized spacial score (nSPS) is 14.6. The van der Waals surface area contributed by atoms with E-state index in [0.717, 1.165) is 0 Å². The molecule has 0 aliphatic carbocycles. The number of hydrogen-bond acceptors (Lipinski definition) is 6. The second kappa shape index (κ2) is 8.70. The molecule has 1 fully saturated rings. The summed E-state index contributed by atoms with van der Waals surface area (Å²) in [5.74, 6) is 0.301. The quantitative estimate of drug-likeness (QED) is 0.831. The molecular weight excluding hydrogens is 369 g/mol. The predicted molar refractivity (Wildman–Crippen MR) is 99.5 cm³/mol. The fourth-order valence-electron chi connectivity index (χ4n) is 2.95. The zero-order valence-corrected chi connectivity index (χ0v) is 15.7. The molecule has 1 aromatic carbocycles. The van der Waals surface area contributed by atoms with Crippen LogP contribution >= 0.6 is 0 Å². The van der Waals surface area contributed by atoms with E-state index in [2.05, 4.69) is 15.8 Å². The number of carbonyl (C=O) groups excluding carboxylic acids is 2. The van der Waals surface area contributed by atoms with Gasteiger partial charge in [0.1, 0.15) is 5.76 Å². The summed E-state index contributed by atoms with van der Waals surface area (Å²) in [6, 6.07) is 5.78. The Hall–Kier alpha value is -3.14. The SMILES string of the molecule is COC(=O)N1CCN(Cc2cccc(NC(=O)Nc3cc(C)on3)c2F)CC1. The summed E-state index contributed by atoms with van der Waals surface area (Å²) in [6.07, 6.45) is -0.356. The summed E-state index contributed by atoms with van der Waals surface area (Å²) in [5, 5.41) is 8.61. The van der Waals surface area contributed by atoms with Gasteiger partial charge in [-0.15, -0.1) is 0 Å². The highest BCUT2D eigenvalue weighted by molar-refractivity contribution is 5.99. The van der Waals surface area contributed by atoms with Crippen molar-refractivity contribution in [3.8, 4) is 0 Å². The molecule has 0 unspecified atom stereocenters. The number of urea groups is 1. The van der Waals surface area contributed by atoms with Crippen LogP contribution in [0.5, 0.6) is 0 Å². The van der Waals surface area contributed by atoms with Crippen molar-refractivity contribution >= 4 is 23.6 Å². The number of anilines is 2. The number of nitrogens with one attached hydrogen (secondary N) is 2. The van der Waals surface area contributed by atoms with Gasteiger partial charge in [0.2, 0.25) is 0 Å². The number of aryl methyl sites for hydroxylation is 1. The molecule has 2 heterocycles. The van der Waals surface area contributed by atoms with Gasteiger partial charge < -0.3 is 19.5 Å². The van der Waals surface area contributed by atoms with Gasteiger partial charge in [-0.1, -0.05) is 17.3 Å². The molecule has 0 atom stereocenters. The molecule has 3 rings (SSSR count). The first kappa shape index (κ1) is 19.6. The molecule has 1 aromatic heterocycles. The largest absolute Gasteiger partial charge is 0.453 e. The smallest absolute Gasteiger partial charge is 0.409 e. The molecule has 0 spiro atoms. The standard InChI is InChI=1S/C18H22FN5O4/c1-12-10-15(22-28-12)21-17(25)20-14-5-3-4-13(16(14)19)11-23-6-8-24(9-7-23)18(26)27-2/h3-5,10H,6-9,11H2,1-2H3,(H2,20,21,22,25). The number of ether oxygens (including phenoxy) is 1. The minimum absolute atomic E-state index is 0.0726. The number of nitrogens with zero attached hydrogens (tertiary/aromatic N) is 3. The lowest BCUT2D eigenvalue weighted by molar-refractivity contribution is 0.0885. The number of rotatable bonds is 4. The zero-order chi connectivity index (χ0) is 20.1. The van der Waals surface area contributed by atoms with Crippen LogP contribution in [0.25, 0.3) is 0 Å². The van der Waals surface area contributed by atoms with E-state index in [9.17, 15) is 14.0 Å². The van der Waals surface area contributed by atoms with Crippen molar-refractivity contribution in [3.63, 3.8) is 0 Å². The third kappa shape index (κ3) is 4.77. The first-order valence-electron chi connectivity index (χ1n) is 8.80. The minimum Gasteiger partial charge on any atom is -0.453 e. The summed E-state index contributed by atoms with van der Waals surface area (Å²) in [6.45, 7) is 4.33. The second-order valence-corrected chi connectivity index (χ2v) is 6.41. The maximum atomic E-state index is 14.8. The van der Waals surface area contributed by atoms with Crippen LogP contribution in [0.4, 0.5) is 25.5 Å². The van der Waals surface area contributed by atoms with Crippen LogP contribution in [0.1, 0.15) is 11.3 Å². The molecule has 3 amide bonds. The second-order valence-electron chi connectivity index (χ2n) is 6.41. The molecule has 9 nitrogen and oxygen atoms in total. The summed E-state index contributed by atoms with van der Waals surface area (Å²) >= 11 is 0. The topological polar surface area (TPSA) is 99.9 Å². The molecule has 2 aromatic rings. The molecule has 0 saturated carbocycles. The molecule has 2 N–H and O–H groups in total. The van der Waals surface area contributed by atoms with E-state index in [1.807, 2.05) is 4.90 Å². The van der Waals surface area contributed by atoms with Crippen LogP contribution in [0.2, 0.25) is 0 Å². The Morgan fingerprint density at radius 2 is 2.00 bits per heavy atom. The van der Waals surface area contributed by atoms with Gasteiger partial charge in [-0.2, -0.15) is 0 Å². The lowest BCUT2D eigenvalue weighted by atomic mass is 10.1. The van der Waals surface area contributed by atoms with Gasteiger partial charge in [0, 0.05) is 44.4 Å². The molecule has 10 heteroatoms. The van der Waals surface area contributed by atoms with E-state index >= 15 is 0 Å². The van der Waals surface area contributed by atoms with Gasteiger partial charge >= 0.3 is 12.1 Å². The summed E-state index contributed by atoms with van der Waals surface area (Å²) in [7, 11) is 1.35. The van der Waals surface area contributed by atoms with Crippen LogP contribution in [0, 0.1) is 12.7 Å². The van der Waals surface area contributed by atoms with Gasteiger partial charge in [-0.05, 0) is 13.0 Å². The van der Waals surface area contributed by atoms with Gasteiger partial charge in [-0.25, -0.2) is 14.0 Å². The first-order chi connectivity index (χ1) is 13.5. The van der Waals surface area contributed by atoms with Crippen molar-refractivity contribution in [3.05, 3.63) is 41.4 Å². The highest BCUT2D eigenvalue weighted by Gasteiger charge is 2.22. The number of methoxy groups -OCH3 is 1. The Kier molecular flexibility index (Phi) is 6.09. The van der Waals surface area contributed by atoms with Crippen molar-refractivity contribution in [2.45, 2.75) is 13.5 Å². The van der Waals surface area contributed by atoms with E-state index in [1.165, 1.54) is 13.2 Å². The molecular formula is C18H22FN5O4. The van der Waals surface area contributed by atoms with E-state index in [0.29, 0.717) is 44.0 Å². The van der Waals surface area contributed by atoms with Crippen LogP contribution in [0.3, 0.4) is 0 Å². The Labute approximate surface area is 161 Å². The number of aromatic nitrogens is 1. The lowest BCUT2D eigenvalue weighted by Crippen LogP contribution is -2.48. The summed E-state index contributed by atoms with van der Waals surface area (Å²) < 4.78 is 24.4. The average Bonchev–Trinajstić information content (AvgIpc) is 3.09. The van der Waals surface area contributed by atoms with Crippen molar-refractivity contribution in [1.29, 1.82) is 0 Å². The van der Waals surface area contributed by atoms with E-state index in [-0.39, 0.29) is 17.6 Å². The molecule has 0 bridgehead atoms. The van der Waals surface area contributed by atoms with Crippen LogP contribution in [-0.4, -0.2) is 60.4 Å². The molecule has 1 aliphatic heterocycles. The van der Waals surface area contributed by atoms with E-state index < -0.39 is 11.8 Å². The highest BCUT2D eigenvalue weighted by atomic mass is 19.1. The number of hydrogen-bond donors (Lipinski definition) is 2. The molecule has 1 saturated heterocycles. The van der Waals surface area contributed by atoms with E-state index in [1.54, 1.807) is 30.0 Å². The van der Waals surface area contributed by atoms with Crippen molar-refractivity contribution in [1.82, 2.24) is 15.0 Å². The fourth-order valence-corrected chi connectivity index (χ4v) is 2.95. The Morgan fingerprint density at radius 3 is 2.64 bits per heavy atom. The maximum absolute atomic E-state index is 14.8. The van der Waals surface area contributed by atoms with Gasteiger partial charge in [0.25, 0.3) is 0 Å². The summed E-state index contributed by atoms with van der Waals surface area (Å²) in [5.41, 5.74) is 0.532. The lowest BCUT2D eigenvalue weighted by Gasteiger charge is -2.33. The minimum atomic E-state index is -0.615. The van der Waals surface area contributed by atoms with Crippen molar-refractivity contribution in [2.24, 2.45) is 0 Å². The third-order valence-electron chi connectivity index (χ3n) is 4.40. The van der Waals surface area contributed by atoms with Gasteiger partial charge in [-0.3, -0.25) is 10.2 Å². The highest BCUT2D eigenvalue weighted by Crippen LogP contribution is 2.21. The summed E-state index contributed by atoms with van der Waals surface area (Å²) in [4.78, 5) is 27.2. The average molecular weight is 391 g/mol. The molecule has 28 heavy (non-hydrogen) atoms. The zero-order valence-electron chi connectivity index (χ0n) is 15.7. The molecule has 150 valence electrons. The Bertz CT molecular complexity index is 848. The number of piperazine rings is 1. The number of carbonyl (C=O) groups is 2. The Balaban J connectivity index is 1.58. The Morgan fingerprint density at radius 1 is 1.25 bits per heavy atom. The number of benzene rings is 1. The van der Waals surface area contributed by atoms with Crippen molar-refractivity contribution < 1.29 is 23.2 Å². The molecule has 1 aliphatic rings. The first-order valence-corrected chi connectivity index (χ1v) is 8.80. The van der Waals surface area contributed by atoms with Crippen molar-refractivity contribution in [2.75, 3.05) is 43.9 Å². The maximum Gasteiger partial charge on any atom is 0.409 e. The number of amides is 3. The monoisotopic (exact) mass is 391 g/mol.